The quantitative estimate of drug-likeness (QED) is 0.855. The van der Waals surface area contributed by atoms with Crippen LogP contribution in [-0.2, 0) is 0 Å². The summed E-state index contributed by atoms with van der Waals surface area (Å²) in [4.78, 5) is 4.08. The predicted octanol–water partition coefficient (Wildman–Crippen LogP) is 3.83. The van der Waals surface area contributed by atoms with Crippen molar-refractivity contribution in [1.29, 1.82) is 0 Å². The maximum Gasteiger partial charge on any atom is 0.121 e. The van der Waals surface area contributed by atoms with Crippen molar-refractivity contribution in [3.63, 3.8) is 0 Å². The van der Waals surface area contributed by atoms with E-state index in [2.05, 4.69) is 42.3 Å². The van der Waals surface area contributed by atoms with Crippen LogP contribution in [0, 0.1) is 6.92 Å². The molecule has 2 aromatic heterocycles. The zero-order valence-corrected chi connectivity index (χ0v) is 11.9. The number of pyridine rings is 1. The molecule has 3 nitrogen and oxygen atoms in total. The minimum absolute atomic E-state index is 0.205. The fourth-order valence-electron chi connectivity index (χ4n) is 2.30. The van der Waals surface area contributed by atoms with Crippen molar-refractivity contribution in [3.05, 3.63) is 53.7 Å². The second-order valence-corrected chi connectivity index (χ2v) is 4.95. The lowest BCUT2D eigenvalue weighted by atomic mass is 9.92. The molecule has 2 heterocycles. The van der Waals surface area contributed by atoms with Crippen LogP contribution in [0.3, 0.4) is 0 Å². The van der Waals surface area contributed by atoms with Gasteiger partial charge in [-0.3, -0.25) is 4.98 Å². The molecule has 19 heavy (non-hydrogen) atoms. The van der Waals surface area contributed by atoms with Crippen molar-refractivity contribution in [1.82, 2.24) is 10.3 Å². The van der Waals surface area contributed by atoms with E-state index >= 15 is 0 Å². The lowest BCUT2D eigenvalue weighted by molar-refractivity contribution is 0.367. The molecule has 0 aliphatic carbocycles. The number of furan rings is 1. The summed E-state index contributed by atoms with van der Waals surface area (Å²) in [6.45, 7) is 7.37. The molecule has 0 aliphatic rings. The minimum Gasteiger partial charge on any atom is -0.465 e. The van der Waals surface area contributed by atoms with Crippen molar-refractivity contribution < 1.29 is 4.42 Å². The molecule has 0 spiro atoms. The Bertz CT molecular complexity index is 492. The van der Waals surface area contributed by atoms with Crippen molar-refractivity contribution >= 4 is 0 Å². The van der Waals surface area contributed by atoms with E-state index in [0.29, 0.717) is 5.92 Å². The minimum atomic E-state index is 0.205. The zero-order chi connectivity index (χ0) is 13.7. The van der Waals surface area contributed by atoms with Gasteiger partial charge in [-0.05, 0) is 49.7 Å². The maximum absolute atomic E-state index is 5.81. The number of aryl methyl sites for hydroxylation is 1. The average Bonchev–Trinajstić information content (AvgIpc) is 2.86. The molecular weight excluding hydrogens is 236 g/mol. The lowest BCUT2D eigenvalue weighted by Gasteiger charge is -2.23. The molecule has 0 radical (unpaired) electrons. The van der Waals surface area contributed by atoms with Gasteiger partial charge in [0.15, 0.2) is 0 Å². The van der Waals surface area contributed by atoms with Gasteiger partial charge in [0.05, 0.1) is 6.04 Å². The molecule has 0 aliphatic heterocycles. The van der Waals surface area contributed by atoms with Crippen LogP contribution in [-0.4, -0.2) is 11.5 Å². The van der Waals surface area contributed by atoms with Crippen molar-refractivity contribution in [2.24, 2.45) is 0 Å². The number of nitrogens with zero attached hydrogens (tertiary/aromatic N) is 1. The highest BCUT2D eigenvalue weighted by Gasteiger charge is 2.22. The first-order valence-corrected chi connectivity index (χ1v) is 6.92. The molecule has 3 heteroatoms. The maximum atomic E-state index is 5.81. The Morgan fingerprint density at radius 3 is 2.53 bits per heavy atom. The largest absolute Gasteiger partial charge is 0.465 e. The van der Waals surface area contributed by atoms with Gasteiger partial charge in [0, 0.05) is 18.3 Å². The third-order valence-electron chi connectivity index (χ3n) is 3.41. The molecule has 0 saturated heterocycles. The Morgan fingerprint density at radius 2 is 1.95 bits per heavy atom. The number of hydrogen-bond donors (Lipinski definition) is 1. The highest BCUT2D eigenvalue weighted by molar-refractivity contribution is 5.21. The summed E-state index contributed by atoms with van der Waals surface area (Å²) in [6, 6.07) is 8.44. The molecule has 2 unspecified atom stereocenters. The summed E-state index contributed by atoms with van der Waals surface area (Å²) in [6.07, 6.45) is 4.80. The van der Waals surface area contributed by atoms with Crippen LogP contribution < -0.4 is 5.32 Å². The molecule has 0 amide bonds. The SMILES string of the molecule is CCCNC(c1ccc(C)o1)C(C)c1ccncc1. The van der Waals surface area contributed by atoms with Crippen LogP contribution in [0.25, 0.3) is 0 Å². The molecular formula is C16H22N2O. The third kappa shape index (κ3) is 3.44. The summed E-state index contributed by atoms with van der Waals surface area (Å²) in [5.41, 5.74) is 1.28. The van der Waals surface area contributed by atoms with Gasteiger partial charge in [0.2, 0.25) is 0 Å². The van der Waals surface area contributed by atoms with Crippen LogP contribution in [0.4, 0.5) is 0 Å². The van der Waals surface area contributed by atoms with E-state index < -0.39 is 0 Å². The van der Waals surface area contributed by atoms with Crippen LogP contribution in [0.1, 0.15) is 49.3 Å². The van der Waals surface area contributed by atoms with E-state index in [0.717, 1.165) is 24.5 Å². The van der Waals surface area contributed by atoms with Gasteiger partial charge >= 0.3 is 0 Å². The molecule has 2 atom stereocenters. The Kier molecular flexibility index (Phi) is 4.74. The van der Waals surface area contributed by atoms with E-state index in [-0.39, 0.29) is 6.04 Å². The average molecular weight is 258 g/mol. The molecule has 0 aromatic carbocycles. The summed E-state index contributed by atoms with van der Waals surface area (Å²) in [7, 11) is 0. The lowest BCUT2D eigenvalue weighted by Crippen LogP contribution is -2.26. The van der Waals surface area contributed by atoms with Gasteiger partial charge < -0.3 is 9.73 Å². The van der Waals surface area contributed by atoms with Gasteiger partial charge in [-0.2, -0.15) is 0 Å². The third-order valence-corrected chi connectivity index (χ3v) is 3.41. The highest BCUT2D eigenvalue weighted by Crippen LogP contribution is 2.31. The first-order chi connectivity index (χ1) is 9.22. The van der Waals surface area contributed by atoms with E-state index in [1.54, 1.807) is 0 Å². The van der Waals surface area contributed by atoms with E-state index in [1.165, 1.54) is 5.56 Å². The summed E-state index contributed by atoms with van der Waals surface area (Å²) < 4.78 is 5.81. The first-order valence-electron chi connectivity index (χ1n) is 6.92. The van der Waals surface area contributed by atoms with Gasteiger partial charge in [0.1, 0.15) is 11.5 Å². The van der Waals surface area contributed by atoms with Crippen LogP contribution >= 0.6 is 0 Å². The van der Waals surface area contributed by atoms with Crippen molar-refractivity contribution in [2.75, 3.05) is 6.54 Å². The second kappa shape index (κ2) is 6.53. The van der Waals surface area contributed by atoms with Gasteiger partial charge in [0.25, 0.3) is 0 Å². The van der Waals surface area contributed by atoms with Crippen LogP contribution in [0.15, 0.2) is 41.1 Å². The Labute approximate surface area is 115 Å². The normalized spacial score (nSPS) is 14.3. The molecule has 0 bridgehead atoms. The fraction of sp³-hybridized carbons (Fsp3) is 0.438. The van der Waals surface area contributed by atoms with Crippen molar-refractivity contribution in [3.8, 4) is 0 Å². The standard InChI is InChI=1S/C16H22N2O/c1-4-9-18-16(15-6-5-12(2)19-15)13(3)14-7-10-17-11-8-14/h5-8,10-11,13,16,18H,4,9H2,1-3H3. The number of nitrogens with one attached hydrogen (secondary N) is 1. The topological polar surface area (TPSA) is 38.1 Å². The van der Waals surface area contributed by atoms with Gasteiger partial charge in [-0.1, -0.05) is 13.8 Å². The summed E-state index contributed by atoms with van der Waals surface area (Å²) in [5, 5.41) is 3.58. The summed E-state index contributed by atoms with van der Waals surface area (Å²) >= 11 is 0. The molecule has 1 N–H and O–H groups in total. The highest BCUT2D eigenvalue weighted by atomic mass is 16.3. The summed E-state index contributed by atoms with van der Waals surface area (Å²) in [5.74, 6) is 2.32. The zero-order valence-electron chi connectivity index (χ0n) is 11.9. The monoisotopic (exact) mass is 258 g/mol. The van der Waals surface area contributed by atoms with E-state index in [9.17, 15) is 0 Å². The van der Waals surface area contributed by atoms with E-state index in [4.69, 9.17) is 4.42 Å². The number of hydrogen-bond acceptors (Lipinski definition) is 3. The molecule has 2 rings (SSSR count). The smallest absolute Gasteiger partial charge is 0.121 e. The fourth-order valence-corrected chi connectivity index (χ4v) is 2.30. The molecule has 0 saturated carbocycles. The second-order valence-electron chi connectivity index (χ2n) is 4.95. The Balaban J connectivity index is 2.22. The Morgan fingerprint density at radius 1 is 1.21 bits per heavy atom. The molecule has 2 aromatic rings. The number of aromatic nitrogens is 1. The van der Waals surface area contributed by atoms with Crippen molar-refractivity contribution in [2.45, 2.75) is 39.2 Å². The molecule has 102 valence electrons. The first kappa shape index (κ1) is 13.8. The predicted molar refractivity (Wildman–Crippen MR) is 77.1 cm³/mol. The van der Waals surface area contributed by atoms with Crippen LogP contribution in [0.5, 0.6) is 0 Å². The van der Waals surface area contributed by atoms with Gasteiger partial charge in [-0.25, -0.2) is 0 Å². The molecule has 0 fully saturated rings. The van der Waals surface area contributed by atoms with Crippen LogP contribution in [0.2, 0.25) is 0 Å². The Hall–Kier alpha value is -1.61. The van der Waals surface area contributed by atoms with E-state index in [1.807, 2.05) is 25.4 Å². The van der Waals surface area contributed by atoms with Gasteiger partial charge in [-0.15, -0.1) is 0 Å². The number of rotatable bonds is 6.